The van der Waals surface area contributed by atoms with Gasteiger partial charge in [-0.15, -0.1) is 12.6 Å². The summed E-state index contributed by atoms with van der Waals surface area (Å²) in [6.45, 7) is 0.106. The number of amides is 1. The van der Waals surface area contributed by atoms with Gasteiger partial charge < -0.3 is 4.90 Å². The van der Waals surface area contributed by atoms with E-state index < -0.39 is 15.3 Å². The van der Waals surface area contributed by atoms with Crippen molar-refractivity contribution in [2.24, 2.45) is 5.14 Å². The predicted octanol–water partition coefficient (Wildman–Crippen LogP) is 0.369. The van der Waals surface area contributed by atoms with Crippen molar-refractivity contribution in [3.8, 4) is 0 Å². The number of thiol groups is 1. The zero-order valence-electron chi connectivity index (χ0n) is 8.91. The predicted molar refractivity (Wildman–Crippen MR) is 67.6 cm³/mol. The highest BCUT2D eigenvalue weighted by Crippen LogP contribution is 2.25. The number of carbonyl (C=O) groups is 1. The molecule has 1 atom stereocenters. The maximum absolute atomic E-state index is 11.7. The minimum Gasteiger partial charge on any atom is -0.311 e. The van der Waals surface area contributed by atoms with E-state index >= 15 is 0 Å². The van der Waals surface area contributed by atoms with Crippen LogP contribution in [0.5, 0.6) is 0 Å². The summed E-state index contributed by atoms with van der Waals surface area (Å²) in [5, 5.41) is 4.23. The van der Waals surface area contributed by atoms with Gasteiger partial charge in [0.05, 0.1) is 0 Å². The summed E-state index contributed by atoms with van der Waals surface area (Å²) >= 11 is 4.17. The van der Waals surface area contributed by atoms with Crippen LogP contribution in [-0.4, -0.2) is 26.1 Å². The zero-order chi connectivity index (χ0) is 12.6. The molecule has 0 spiro atoms. The van der Waals surface area contributed by atoms with Gasteiger partial charge in [-0.1, -0.05) is 6.07 Å². The number of carbonyl (C=O) groups excluding carboxylic acids is 1. The minimum absolute atomic E-state index is 0.0599. The first-order valence-electron chi connectivity index (χ1n) is 4.99. The van der Waals surface area contributed by atoms with E-state index in [2.05, 4.69) is 12.6 Å². The second-order valence-corrected chi connectivity index (χ2v) is 6.30. The van der Waals surface area contributed by atoms with Gasteiger partial charge in [-0.05, 0) is 18.2 Å². The molecule has 1 unspecified atom stereocenters. The number of rotatable bonds is 2. The van der Waals surface area contributed by atoms with Crippen LogP contribution in [-0.2, 0) is 14.8 Å². The Morgan fingerprint density at radius 1 is 1.41 bits per heavy atom. The van der Waals surface area contributed by atoms with Gasteiger partial charge >= 0.3 is 0 Å². The molecule has 1 aromatic rings. The highest BCUT2D eigenvalue weighted by atomic mass is 32.2. The molecule has 0 aromatic heterocycles. The Morgan fingerprint density at radius 2 is 2.12 bits per heavy atom. The molecule has 17 heavy (non-hydrogen) atoms. The fourth-order valence-corrected chi connectivity index (χ4v) is 2.76. The van der Waals surface area contributed by atoms with Crippen LogP contribution in [0, 0.1) is 0 Å². The lowest BCUT2D eigenvalue weighted by Crippen LogP contribution is -2.32. The molecule has 1 aliphatic heterocycles. The maximum atomic E-state index is 11.7. The largest absolute Gasteiger partial charge is 0.311 e. The van der Waals surface area contributed by atoms with Crippen LogP contribution in [0.25, 0.3) is 0 Å². The summed E-state index contributed by atoms with van der Waals surface area (Å²) < 4.78 is 22.4. The molecule has 0 radical (unpaired) electrons. The van der Waals surface area contributed by atoms with Crippen LogP contribution in [0.4, 0.5) is 5.69 Å². The van der Waals surface area contributed by atoms with E-state index in [1.165, 1.54) is 4.90 Å². The molecule has 92 valence electrons. The van der Waals surface area contributed by atoms with E-state index in [9.17, 15) is 13.2 Å². The average molecular weight is 272 g/mol. The summed E-state index contributed by atoms with van der Waals surface area (Å²) in [5.41, 5.74) is 0.647. The molecule has 1 amide bonds. The molecule has 0 bridgehead atoms. The first-order chi connectivity index (χ1) is 7.88. The van der Waals surface area contributed by atoms with Gasteiger partial charge in [0.2, 0.25) is 15.9 Å². The number of nitrogens with two attached hydrogens (primary N) is 1. The molecule has 1 fully saturated rings. The lowest BCUT2D eigenvalue weighted by atomic mass is 10.3. The SMILES string of the molecule is NS(=O)(=O)C1CC(=O)N(c2cccc(S)c2)C1. The minimum atomic E-state index is -3.67. The second-order valence-electron chi connectivity index (χ2n) is 3.94. The number of hydrogen-bond donors (Lipinski definition) is 2. The molecule has 2 rings (SSSR count). The molecule has 5 nitrogen and oxygen atoms in total. The Labute approximate surface area is 105 Å². The van der Waals surface area contributed by atoms with Gasteiger partial charge in [0, 0.05) is 23.5 Å². The number of sulfonamides is 1. The third-order valence-electron chi connectivity index (χ3n) is 2.70. The lowest BCUT2D eigenvalue weighted by Gasteiger charge is -2.16. The maximum Gasteiger partial charge on any atom is 0.228 e. The third-order valence-corrected chi connectivity index (χ3v) is 4.22. The third kappa shape index (κ3) is 2.62. The smallest absolute Gasteiger partial charge is 0.228 e. The van der Waals surface area contributed by atoms with Crippen molar-refractivity contribution in [1.29, 1.82) is 0 Å². The Bertz CT molecular complexity index is 556. The highest BCUT2D eigenvalue weighted by molar-refractivity contribution is 7.89. The normalized spacial score (nSPS) is 20.9. The van der Waals surface area contributed by atoms with Crippen molar-refractivity contribution < 1.29 is 13.2 Å². The van der Waals surface area contributed by atoms with Crippen LogP contribution in [0.15, 0.2) is 29.2 Å². The van der Waals surface area contributed by atoms with E-state index in [-0.39, 0.29) is 18.9 Å². The molecular formula is C10H12N2O3S2. The monoisotopic (exact) mass is 272 g/mol. The summed E-state index contributed by atoms with van der Waals surface area (Å²) in [5.74, 6) is -0.233. The number of hydrogen-bond acceptors (Lipinski definition) is 4. The summed E-state index contributed by atoms with van der Waals surface area (Å²) in [7, 11) is -3.67. The molecule has 2 N–H and O–H groups in total. The fourth-order valence-electron chi connectivity index (χ4n) is 1.81. The lowest BCUT2D eigenvalue weighted by molar-refractivity contribution is -0.117. The standard InChI is InChI=1S/C10H12N2O3S2/c11-17(14,15)9-5-10(13)12(6-9)7-2-1-3-8(16)4-7/h1-4,9,16H,5-6H2,(H2,11,14,15). The van der Waals surface area contributed by atoms with Crippen LogP contribution >= 0.6 is 12.6 Å². The van der Waals surface area contributed by atoms with Gasteiger partial charge in [0.25, 0.3) is 0 Å². The van der Waals surface area contributed by atoms with E-state index in [0.29, 0.717) is 10.6 Å². The summed E-state index contributed by atoms with van der Waals surface area (Å²) in [4.78, 5) is 13.9. The van der Waals surface area contributed by atoms with Gasteiger partial charge in [-0.3, -0.25) is 4.79 Å². The van der Waals surface area contributed by atoms with Crippen molar-refractivity contribution in [3.63, 3.8) is 0 Å². The molecule has 1 aromatic carbocycles. The van der Waals surface area contributed by atoms with Crippen LogP contribution in [0.3, 0.4) is 0 Å². The number of nitrogens with zero attached hydrogens (tertiary/aromatic N) is 1. The first-order valence-corrected chi connectivity index (χ1v) is 7.04. The van der Waals surface area contributed by atoms with E-state index in [4.69, 9.17) is 5.14 Å². The van der Waals surface area contributed by atoms with Crippen LogP contribution in [0.2, 0.25) is 0 Å². The number of anilines is 1. The van der Waals surface area contributed by atoms with Gasteiger partial charge in [0.1, 0.15) is 5.25 Å². The van der Waals surface area contributed by atoms with E-state index in [0.717, 1.165) is 0 Å². The number of primary sulfonamides is 1. The Kier molecular flexibility index (Phi) is 3.15. The molecule has 1 heterocycles. The van der Waals surface area contributed by atoms with E-state index in [1.807, 2.05) is 0 Å². The number of benzene rings is 1. The molecule has 1 aliphatic rings. The topological polar surface area (TPSA) is 80.5 Å². The van der Waals surface area contributed by atoms with Crippen molar-refractivity contribution in [3.05, 3.63) is 24.3 Å². The Hall–Kier alpha value is -1.05. The van der Waals surface area contributed by atoms with Crippen molar-refractivity contribution >= 4 is 34.2 Å². The highest BCUT2D eigenvalue weighted by Gasteiger charge is 2.37. The van der Waals surface area contributed by atoms with Crippen molar-refractivity contribution in [2.45, 2.75) is 16.6 Å². The van der Waals surface area contributed by atoms with Crippen LogP contribution < -0.4 is 10.0 Å². The fraction of sp³-hybridized carbons (Fsp3) is 0.300. The van der Waals surface area contributed by atoms with E-state index in [1.54, 1.807) is 24.3 Å². The van der Waals surface area contributed by atoms with Gasteiger partial charge in [-0.25, -0.2) is 13.6 Å². The van der Waals surface area contributed by atoms with Gasteiger partial charge in [-0.2, -0.15) is 0 Å². The molecule has 0 saturated carbocycles. The Balaban J connectivity index is 2.28. The summed E-state index contributed by atoms with van der Waals surface area (Å²) in [6, 6.07) is 7.00. The molecule has 7 heteroatoms. The zero-order valence-corrected chi connectivity index (χ0v) is 10.6. The second kappa shape index (κ2) is 4.32. The average Bonchev–Trinajstić information content (AvgIpc) is 2.60. The molecule has 0 aliphatic carbocycles. The van der Waals surface area contributed by atoms with Crippen molar-refractivity contribution in [2.75, 3.05) is 11.4 Å². The Morgan fingerprint density at radius 3 is 2.65 bits per heavy atom. The molecule has 1 saturated heterocycles. The van der Waals surface area contributed by atoms with Crippen molar-refractivity contribution in [1.82, 2.24) is 0 Å². The van der Waals surface area contributed by atoms with Crippen LogP contribution in [0.1, 0.15) is 6.42 Å². The van der Waals surface area contributed by atoms with Gasteiger partial charge in [0.15, 0.2) is 0 Å². The quantitative estimate of drug-likeness (QED) is 0.763. The summed E-state index contributed by atoms with van der Waals surface area (Å²) in [6.07, 6.45) is -0.0599. The molecular weight excluding hydrogens is 260 g/mol. The first kappa shape index (κ1) is 12.4.